The Kier molecular flexibility index (Phi) is 4.20. The van der Waals surface area contributed by atoms with Crippen molar-refractivity contribution >= 4 is 27.5 Å². The summed E-state index contributed by atoms with van der Waals surface area (Å²) >= 11 is 0. The van der Waals surface area contributed by atoms with E-state index in [1.54, 1.807) is 6.07 Å². The molecule has 0 heterocycles. The fraction of sp³-hybridized carbons (Fsp3) is 0. The summed E-state index contributed by atoms with van der Waals surface area (Å²) in [7, 11) is 0. The average Bonchev–Trinajstić information content (AvgIpc) is 2.37. The minimum Gasteiger partial charge on any atom is -0.545 e. The van der Waals surface area contributed by atoms with E-state index in [0.29, 0.717) is 0 Å². The molecule has 3 heteroatoms. The van der Waals surface area contributed by atoms with Crippen molar-refractivity contribution in [2.75, 3.05) is 0 Å². The maximum absolute atomic E-state index is 11.1. The summed E-state index contributed by atoms with van der Waals surface area (Å²) in [5, 5.41) is 14.8. The van der Waals surface area contributed by atoms with E-state index in [0.717, 1.165) is 21.5 Å². The Hall–Kier alpha value is -0.714. The molecule has 0 fully saturated rings. The summed E-state index contributed by atoms with van der Waals surface area (Å²) in [4.78, 5) is 11.1. The maximum Gasteiger partial charge on any atom is 1.00 e. The summed E-state index contributed by atoms with van der Waals surface area (Å²) in [6.45, 7) is 0. The van der Waals surface area contributed by atoms with Gasteiger partial charge in [0.25, 0.3) is 0 Å². The van der Waals surface area contributed by atoms with E-state index in [2.05, 4.69) is 0 Å². The summed E-state index contributed by atoms with van der Waals surface area (Å²) < 4.78 is 0. The topological polar surface area (TPSA) is 40.1 Å². The first-order valence-electron chi connectivity index (χ1n) is 5.39. The van der Waals surface area contributed by atoms with E-state index in [1.807, 2.05) is 48.5 Å². The molecular weight excluding hydrogens is 251 g/mol. The second-order valence-corrected chi connectivity index (χ2v) is 3.98. The molecule has 0 amide bonds. The average molecular weight is 260 g/mol. The van der Waals surface area contributed by atoms with Crippen LogP contribution >= 0.6 is 0 Å². The van der Waals surface area contributed by atoms with Crippen molar-refractivity contribution in [3.05, 3.63) is 60.2 Å². The molecule has 2 nitrogen and oxygen atoms in total. The molecule has 0 atom stereocenters. The van der Waals surface area contributed by atoms with Gasteiger partial charge < -0.3 is 9.90 Å². The van der Waals surface area contributed by atoms with Gasteiger partial charge in [-0.3, -0.25) is 0 Å². The minimum absolute atomic E-state index is 0. The van der Waals surface area contributed by atoms with Gasteiger partial charge in [0.15, 0.2) is 0 Å². The zero-order chi connectivity index (χ0) is 11.8. The molecule has 82 valence electrons. The second kappa shape index (κ2) is 5.51. The third-order valence-electron chi connectivity index (χ3n) is 2.99. The molecule has 0 aromatic heterocycles. The van der Waals surface area contributed by atoms with Gasteiger partial charge in [-0.25, -0.2) is 0 Å². The number of hydrogen-bond donors (Lipinski definition) is 0. The normalized spacial score (nSPS) is 10.2. The van der Waals surface area contributed by atoms with Gasteiger partial charge in [-0.1, -0.05) is 48.5 Å². The van der Waals surface area contributed by atoms with Gasteiger partial charge in [0.05, 0.1) is 5.97 Å². The van der Waals surface area contributed by atoms with Gasteiger partial charge in [0, 0.05) is 5.56 Å². The van der Waals surface area contributed by atoms with Gasteiger partial charge in [-0.2, -0.15) is 0 Å². The number of aromatic carboxylic acids is 1. The van der Waals surface area contributed by atoms with Crippen LogP contribution in [0.4, 0.5) is 0 Å². The third-order valence-corrected chi connectivity index (χ3v) is 2.99. The molecule has 0 bridgehead atoms. The fourth-order valence-electron chi connectivity index (χ4n) is 2.22. The van der Waals surface area contributed by atoms with Crippen LogP contribution in [0.5, 0.6) is 0 Å². The Morgan fingerprint density at radius 3 is 2.06 bits per heavy atom. The second-order valence-electron chi connectivity index (χ2n) is 3.98. The van der Waals surface area contributed by atoms with Crippen molar-refractivity contribution in [1.29, 1.82) is 0 Å². The van der Waals surface area contributed by atoms with Crippen molar-refractivity contribution in [3.8, 4) is 0 Å². The van der Waals surface area contributed by atoms with Gasteiger partial charge >= 0.3 is 51.4 Å². The van der Waals surface area contributed by atoms with Crippen molar-refractivity contribution in [3.63, 3.8) is 0 Å². The molecule has 0 saturated heterocycles. The fourth-order valence-corrected chi connectivity index (χ4v) is 2.22. The Labute approximate surface area is 147 Å². The number of benzene rings is 3. The first-order valence-corrected chi connectivity index (χ1v) is 5.39. The van der Waals surface area contributed by atoms with Crippen LogP contribution in [0.2, 0.25) is 0 Å². The van der Waals surface area contributed by atoms with E-state index in [1.165, 1.54) is 0 Å². The third kappa shape index (κ3) is 2.24. The Balaban J connectivity index is 0.00000120. The molecule has 3 aromatic carbocycles. The quantitative estimate of drug-likeness (QED) is 0.431. The Morgan fingerprint density at radius 1 is 0.833 bits per heavy atom. The van der Waals surface area contributed by atoms with Crippen molar-refractivity contribution in [2.45, 2.75) is 0 Å². The largest absolute Gasteiger partial charge is 1.00 e. The number of carbonyl (C=O) groups excluding carboxylic acids is 1. The molecular formula is C15H9KO2. The zero-order valence-corrected chi connectivity index (χ0v) is 13.1. The minimum atomic E-state index is -1.13. The van der Waals surface area contributed by atoms with Crippen LogP contribution in [-0.4, -0.2) is 5.97 Å². The number of carbonyl (C=O) groups is 1. The van der Waals surface area contributed by atoms with E-state index < -0.39 is 5.97 Å². The van der Waals surface area contributed by atoms with Crippen LogP contribution < -0.4 is 56.5 Å². The monoisotopic (exact) mass is 260 g/mol. The SMILES string of the molecule is O=C([O-])c1cc2ccccc2c2ccccc12.[K+]. The number of rotatable bonds is 1. The molecule has 0 spiro atoms. The first-order chi connectivity index (χ1) is 8.27. The van der Waals surface area contributed by atoms with Crippen molar-refractivity contribution < 1.29 is 61.3 Å². The Bertz CT molecular complexity index is 735. The first kappa shape index (κ1) is 13.7. The van der Waals surface area contributed by atoms with Crippen molar-refractivity contribution in [2.24, 2.45) is 0 Å². The summed E-state index contributed by atoms with van der Waals surface area (Å²) in [6.07, 6.45) is 0. The van der Waals surface area contributed by atoms with E-state index >= 15 is 0 Å². The number of carboxylic acid groups (broad SMARTS) is 1. The Morgan fingerprint density at radius 2 is 1.39 bits per heavy atom. The molecule has 0 radical (unpaired) electrons. The van der Waals surface area contributed by atoms with Crippen LogP contribution in [0.1, 0.15) is 10.4 Å². The molecule has 0 aliphatic carbocycles. The molecule has 0 unspecified atom stereocenters. The van der Waals surface area contributed by atoms with Crippen LogP contribution in [0.3, 0.4) is 0 Å². The molecule has 0 saturated carbocycles. The maximum atomic E-state index is 11.1. The molecule has 3 rings (SSSR count). The van der Waals surface area contributed by atoms with Gasteiger partial charge in [-0.05, 0) is 27.6 Å². The van der Waals surface area contributed by atoms with Gasteiger partial charge in [0.2, 0.25) is 0 Å². The van der Waals surface area contributed by atoms with E-state index in [-0.39, 0.29) is 56.9 Å². The van der Waals surface area contributed by atoms with E-state index in [4.69, 9.17) is 0 Å². The number of carboxylic acids is 1. The number of fused-ring (bicyclic) bond motifs is 3. The van der Waals surface area contributed by atoms with Gasteiger partial charge in [-0.15, -0.1) is 0 Å². The smallest absolute Gasteiger partial charge is 0.545 e. The van der Waals surface area contributed by atoms with Crippen LogP contribution in [0.15, 0.2) is 54.6 Å². The summed E-state index contributed by atoms with van der Waals surface area (Å²) in [6, 6.07) is 16.9. The molecule has 0 aliphatic heterocycles. The van der Waals surface area contributed by atoms with E-state index in [9.17, 15) is 9.90 Å². The summed E-state index contributed by atoms with van der Waals surface area (Å²) in [5.41, 5.74) is 0.249. The molecule has 0 aliphatic rings. The molecule has 3 aromatic rings. The van der Waals surface area contributed by atoms with Crippen LogP contribution in [0, 0.1) is 0 Å². The number of hydrogen-bond acceptors (Lipinski definition) is 2. The predicted octanol–water partition coefficient (Wildman–Crippen LogP) is -0.639. The van der Waals surface area contributed by atoms with Crippen LogP contribution in [-0.2, 0) is 0 Å². The van der Waals surface area contributed by atoms with Gasteiger partial charge in [0.1, 0.15) is 0 Å². The predicted molar refractivity (Wildman–Crippen MR) is 65.8 cm³/mol. The molecule has 0 N–H and O–H groups in total. The standard InChI is InChI=1S/C15H10O2.K/c16-15(17)14-9-10-5-1-2-6-11(10)12-7-3-4-8-13(12)14;/h1-9H,(H,16,17);/q;+1/p-1. The summed E-state index contributed by atoms with van der Waals surface area (Å²) in [5.74, 6) is -1.13. The molecule has 18 heavy (non-hydrogen) atoms. The zero-order valence-electron chi connectivity index (χ0n) is 10.0. The van der Waals surface area contributed by atoms with Crippen LogP contribution in [0.25, 0.3) is 21.5 Å². The van der Waals surface area contributed by atoms with Crippen molar-refractivity contribution in [1.82, 2.24) is 0 Å².